The molecule has 1 aliphatic heterocycles. The molecule has 2 aliphatic rings. The van der Waals surface area contributed by atoms with Gasteiger partial charge in [-0.2, -0.15) is 0 Å². The van der Waals surface area contributed by atoms with E-state index in [4.69, 9.17) is 11.6 Å². The van der Waals surface area contributed by atoms with Crippen LogP contribution in [-0.2, 0) is 9.59 Å². The van der Waals surface area contributed by atoms with Crippen LogP contribution in [0.2, 0.25) is 5.02 Å². The molecular formula is C14H14ClFN2O2. The van der Waals surface area contributed by atoms with Gasteiger partial charge in [-0.05, 0) is 43.9 Å². The molecule has 2 unspecified atom stereocenters. The SMILES string of the molecule is CC1C(=O)NC(C2CC2)C(=O)N1c1ccc(Cl)c(F)c1. The van der Waals surface area contributed by atoms with E-state index in [1.165, 1.54) is 17.0 Å². The lowest BCUT2D eigenvalue weighted by atomic mass is 10.0. The number of benzene rings is 1. The fraction of sp³-hybridized carbons (Fsp3) is 0.429. The number of hydrogen-bond donors (Lipinski definition) is 1. The number of rotatable bonds is 2. The molecule has 1 heterocycles. The van der Waals surface area contributed by atoms with Crippen LogP contribution in [0, 0.1) is 11.7 Å². The van der Waals surface area contributed by atoms with Gasteiger partial charge in [-0.3, -0.25) is 14.5 Å². The summed E-state index contributed by atoms with van der Waals surface area (Å²) in [5.41, 5.74) is 0.366. The highest BCUT2D eigenvalue weighted by Crippen LogP contribution is 2.36. The second-order valence-corrected chi connectivity index (χ2v) is 5.71. The van der Waals surface area contributed by atoms with Crippen molar-refractivity contribution in [2.75, 3.05) is 4.90 Å². The lowest BCUT2D eigenvalue weighted by Gasteiger charge is -2.37. The predicted octanol–water partition coefficient (Wildman–Crippen LogP) is 2.11. The van der Waals surface area contributed by atoms with Crippen molar-refractivity contribution in [1.82, 2.24) is 5.32 Å². The molecule has 1 saturated carbocycles. The Hall–Kier alpha value is -1.62. The summed E-state index contributed by atoms with van der Waals surface area (Å²) in [5, 5.41) is 2.75. The number of halogens is 2. The highest BCUT2D eigenvalue weighted by molar-refractivity contribution is 6.30. The average molecular weight is 297 g/mol. The Bertz CT molecular complexity index is 589. The molecule has 2 fully saturated rings. The Labute approximate surface area is 120 Å². The molecule has 3 rings (SSSR count). The summed E-state index contributed by atoms with van der Waals surface area (Å²) < 4.78 is 13.6. The third-order valence-corrected chi connectivity index (χ3v) is 4.15. The Morgan fingerprint density at radius 1 is 1.35 bits per heavy atom. The molecule has 1 aromatic rings. The van der Waals surface area contributed by atoms with Crippen LogP contribution in [0.25, 0.3) is 0 Å². The highest BCUT2D eigenvalue weighted by atomic mass is 35.5. The molecule has 0 aromatic heterocycles. The standard InChI is InChI=1S/C14H14ClFN2O2/c1-7-13(19)17-12(8-2-3-8)14(20)18(7)9-4-5-10(15)11(16)6-9/h4-8,12H,2-3H2,1H3,(H,17,19). The van der Waals surface area contributed by atoms with E-state index in [1.807, 2.05) is 0 Å². The van der Waals surface area contributed by atoms with Gasteiger partial charge in [-0.1, -0.05) is 11.6 Å². The Kier molecular flexibility index (Phi) is 3.17. The smallest absolute Gasteiger partial charge is 0.250 e. The zero-order valence-corrected chi connectivity index (χ0v) is 11.7. The van der Waals surface area contributed by atoms with Gasteiger partial charge >= 0.3 is 0 Å². The first kappa shape index (κ1) is 13.4. The molecule has 0 spiro atoms. The van der Waals surface area contributed by atoms with Crippen molar-refractivity contribution in [2.45, 2.75) is 31.8 Å². The van der Waals surface area contributed by atoms with E-state index in [-0.39, 0.29) is 22.8 Å². The minimum Gasteiger partial charge on any atom is -0.342 e. The molecule has 2 amide bonds. The fourth-order valence-corrected chi connectivity index (χ4v) is 2.65. The maximum atomic E-state index is 13.6. The van der Waals surface area contributed by atoms with Gasteiger partial charge in [0.2, 0.25) is 5.91 Å². The number of amides is 2. The van der Waals surface area contributed by atoms with Crippen LogP contribution in [0.3, 0.4) is 0 Å². The van der Waals surface area contributed by atoms with Crippen molar-refractivity contribution in [1.29, 1.82) is 0 Å². The zero-order valence-electron chi connectivity index (χ0n) is 10.9. The molecule has 4 nitrogen and oxygen atoms in total. The van der Waals surface area contributed by atoms with Crippen LogP contribution in [0.15, 0.2) is 18.2 Å². The largest absolute Gasteiger partial charge is 0.342 e. The van der Waals surface area contributed by atoms with E-state index in [2.05, 4.69) is 5.32 Å². The highest BCUT2D eigenvalue weighted by Gasteiger charge is 2.46. The first-order chi connectivity index (χ1) is 9.49. The molecule has 20 heavy (non-hydrogen) atoms. The van der Waals surface area contributed by atoms with E-state index >= 15 is 0 Å². The van der Waals surface area contributed by atoms with Gasteiger partial charge in [0.25, 0.3) is 5.91 Å². The van der Waals surface area contributed by atoms with Crippen LogP contribution in [0.5, 0.6) is 0 Å². The lowest BCUT2D eigenvalue weighted by molar-refractivity contribution is -0.134. The van der Waals surface area contributed by atoms with Crippen LogP contribution in [0.1, 0.15) is 19.8 Å². The van der Waals surface area contributed by atoms with Crippen molar-refractivity contribution < 1.29 is 14.0 Å². The first-order valence-electron chi connectivity index (χ1n) is 6.57. The Morgan fingerprint density at radius 2 is 2.05 bits per heavy atom. The van der Waals surface area contributed by atoms with E-state index in [9.17, 15) is 14.0 Å². The molecule has 0 radical (unpaired) electrons. The maximum absolute atomic E-state index is 13.6. The molecule has 2 atom stereocenters. The number of carbonyl (C=O) groups is 2. The number of piperazine rings is 1. The summed E-state index contributed by atoms with van der Waals surface area (Å²) in [5.74, 6) is -0.783. The van der Waals surface area contributed by atoms with Crippen molar-refractivity contribution in [2.24, 2.45) is 5.92 Å². The topological polar surface area (TPSA) is 49.4 Å². The van der Waals surface area contributed by atoms with Gasteiger partial charge in [-0.15, -0.1) is 0 Å². The summed E-state index contributed by atoms with van der Waals surface area (Å²) in [6.45, 7) is 1.63. The summed E-state index contributed by atoms with van der Waals surface area (Å²) >= 11 is 5.65. The van der Waals surface area contributed by atoms with E-state index < -0.39 is 17.9 Å². The van der Waals surface area contributed by atoms with Crippen LogP contribution in [0.4, 0.5) is 10.1 Å². The second-order valence-electron chi connectivity index (χ2n) is 5.31. The molecule has 1 aliphatic carbocycles. The molecule has 0 bridgehead atoms. The maximum Gasteiger partial charge on any atom is 0.250 e. The van der Waals surface area contributed by atoms with E-state index in [0.29, 0.717) is 5.69 Å². The number of nitrogens with one attached hydrogen (secondary N) is 1. The van der Waals surface area contributed by atoms with Crippen LogP contribution < -0.4 is 10.2 Å². The Balaban J connectivity index is 1.97. The molecule has 1 aromatic carbocycles. The van der Waals surface area contributed by atoms with Crippen molar-refractivity contribution >= 4 is 29.1 Å². The predicted molar refractivity (Wildman–Crippen MR) is 73.0 cm³/mol. The van der Waals surface area contributed by atoms with Gasteiger partial charge in [0.15, 0.2) is 0 Å². The number of carbonyl (C=O) groups excluding carboxylic acids is 2. The number of hydrogen-bond acceptors (Lipinski definition) is 2. The molecule has 106 valence electrons. The van der Waals surface area contributed by atoms with E-state index in [1.54, 1.807) is 13.0 Å². The monoisotopic (exact) mass is 296 g/mol. The summed E-state index contributed by atoms with van der Waals surface area (Å²) in [6.07, 6.45) is 1.88. The third kappa shape index (κ3) is 2.16. The summed E-state index contributed by atoms with van der Waals surface area (Å²) in [7, 11) is 0. The lowest BCUT2D eigenvalue weighted by Crippen LogP contribution is -2.63. The fourth-order valence-electron chi connectivity index (χ4n) is 2.53. The number of nitrogens with zero attached hydrogens (tertiary/aromatic N) is 1. The first-order valence-corrected chi connectivity index (χ1v) is 6.95. The van der Waals surface area contributed by atoms with Gasteiger partial charge in [-0.25, -0.2) is 4.39 Å². The third-order valence-electron chi connectivity index (χ3n) is 3.84. The number of anilines is 1. The molecule has 1 saturated heterocycles. The van der Waals surface area contributed by atoms with Gasteiger partial charge in [0.1, 0.15) is 17.9 Å². The van der Waals surface area contributed by atoms with Crippen LogP contribution >= 0.6 is 11.6 Å². The second kappa shape index (κ2) is 4.74. The average Bonchev–Trinajstić information content (AvgIpc) is 3.22. The minimum atomic E-state index is -0.655. The van der Waals surface area contributed by atoms with Crippen molar-refractivity contribution in [3.63, 3.8) is 0 Å². The van der Waals surface area contributed by atoms with E-state index in [0.717, 1.165) is 12.8 Å². The van der Waals surface area contributed by atoms with Crippen molar-refractivity contribution in [3.05, 3.63) is 29.0 Å². The van der Waals surface area contributed by atoms with Crippen molar-refractivity contribution in [3.8, 4) is 0 Å². The molecular weight excluding hydrogens is 283 g/mol. The molecule has 1 N–H and O–H groups in total. The van der Waals surface area contributed by atoms with Gasteiger partial charge in [0.05, 0.1) is 5.02 Å². The van der Waals surface area contributed by atoms with Crippen LogP contribution in [-0.4, -0.2) is 23.9 Å². The zero-order chi connectivity index (χ0) is 14.4. The van der Waals surface area contributed by atoms with Gasteiger partial charge in [0, 0.05) is 5.69 Å². The Morgan fingerprint density at radius 3 is 2.65 bits per heavy atom. The quantitative estimate of drug-likeness (QED) is 0.909. The molecule has 6 heteroatoms. The van der Waals surface area contributed by atoms with Gasteiger partial charge < -0.3 is 5.32 Å². The normalized spacial score (nSPS) is 26.6. The summed E-state index contributed by atoms with van der Waals surface area (Å²) in [4.78, 5) is 25.9. The summed E-state index contributed by atoms with van der Waals surface area (Å²) in [6, 6.07) is 3.00. The minimum absolute atomic E-state index is 0.00550.